The van der Waals surface area contributed by atoms with Crippen LogP contribution in [-0.2, 0) is 6.42 Å². The molecule has 0 radical (unpaired) electrons. The highest BCUT2D eigenvalue weighted by Gasteiger charge is 2.22. The Morgan fingerprint density at radius 1 is 1.29 bits per heavy atom. The van der Waals surface area contributed by atoms with Crippen molar-refractivity contribution in [1.82, 2.24) is 8.43 Å². The van der Waals surface area contributed by atoms with Gasteiger partial charge in [-0.05, 0) is 30.7 Å². The van der Waals surface area contributed by atoms with Gasteiger partial charge in [0, 0.05) is 13.1 Å². The predicted molar refractivity (Wildman–Crippen MR) is 77.0 cm³/mol. The van der Waals surface area contributed by atoms with Crippen molar-refractivity contribution >= 4 is 28.9 Å². The third-order valence-corrected chi connectivity index (χ3v) is 3.81. The lowest BCUT2D eigenvalue weighted by Gasteiger charge is -2.31. The van der Waals surface area contributed by atoms with E-state index < -0.39 is 0 Å². The van der Waals surface area contributed by atoms with Crippen molar-refractivity contribution in [1.29, 1.82) is 0 Å². The first-order valence-electron chi connectivity index (χ1n) is 5.99. The molecule has 2 amide bonds. The topological polar surface area (TPSA) is 32.3 Å². The van der Waals surface area contributed by atoms with Crippen molar-refractivity contribution < 1.29 is 4.79 Å². The molecular formula is C13H17IN2O. The van der Waals surface area contributed by atoms with Gasteiger partial charge in [0.25, 0.3) is 0 Å². The van der Waals surface area contributed by atoms with Crippen molar-refractivity contribution in [3.63, 3.8) is 0 Å². The third kappa shape index (κ3) is 3.59. The maximum absolute atomic E-state index is 11.4. The summed E-state index contributed by atoms with van der Waals surface area (Å²) in [5.74, 6) is 0.718. The molecule has 0 aliphatic carbocycles. The van der Waals surface area contributed by atoms with Crippen molar-refractivity contribution in [3.8, 4) is 0 Å². The minimum absolute atomic E-state index is 0.0451. The van der Waals surface area contributed by atoms with Gasteiger partial charge in [-0.2, -0.15) is 0 Å². The molecule has 1 saturated heterocycles. The van der Waals surface area contributed by atoms with Crippen LogP contribution in [0.3, 0.4) is 0 Å². The molecule has 1 fully saturated rings. The van der Waals surface area contributed by atoms with Gasteiger partial charge in [-0.25, -0.2) is 4.79 Å². The van der Waals surface area contributed by atoms with Crippen LogP contribution < -0.4 is 3.53 Å². The second-order valence-electron chi connectivity index (χ2n) is 4.52. The molecule has 1 N–H and O–H groups in total. The number of hydrogen-bond donors (Lipinski definition) is 1. The van der Waals surface area contributed by atoms with Gasteiger partial charge in [0.05, 0.1) is 22.9 Å². The van der Waals surface area contributed by atoms with E-state index in [9.17, 15) is 4.79 Å². The molecule has 0 aromatic heterocycles. The molecule has 1 aromatic rings. The maximum atomic E-state index is 11.4. The van der Waals surface area contributed by atoms with Crippen molar-refractivity contribution in [2.45, 2.75) is 19.3 Å². The average molecular weight is 344 g/mol. The molecule has 0 spiro atoms. The van der Waals surface area contributed by atoms with E-state index in [-0.39, 0.29) is 6.03 Å². The van der Waals surface area contributed by atoms with Crippen LogP contribution in [0, 0.1) is 5.92 Å². The molecule has 1 heterocycles. The second kappa shape index (κ2) is 6.23. The van der Waals surface area contributed by atoms with Gasteiger partial charge in [-0.1, -0.05) is 30.3 Å². The van der Waals surface area contributed by atoms with Gasteiger partial charge < -0.3 is 4.90 Å². The zero-order valence-corrected chi connectivity index (χ0v) is 11.9. The quantitative estimate of drug-likeness (QED) is 0.649. The first-order chi connectivity index (χ1) is 8.29. The van der Waals surface area contributed by atoms with Crippen LogP contribution in [0.1, 0.15) is 18.4 Å². The summed E-state index contributed by atoms with van der Waals surface area (Å²) < 4.78 is 2.66. The Morgan fingerprint density at radius 3 is 2.53 bits per heavy atom. The fourth-order valence-electron chi connectivity index (χ4n) is 2.35. The number of urea groups is 1. The number of benzene rings is 1. The molecule has 2 rings (SSSR count). The van der Waals surface area contributed by atoms with Gasteiger partial charge in [0.15, 0.2) is 0 Å². The number of carbonyl (C=O) groups excluding carboxylic acids is 1. The third-order valence-electron chi connectivity index (χ3n) is 3.35. The summed E-state index contributed by atoms with van der Waals surface area (Å²) in [7, 11) is 0. The van der Waals surface area contributed by atoms with E-state index in [1.165, 1.54) is 5.56 Å². The number of amides is 2. The molecule has 1 aromatic carbocycles. The van der Waals surface area contributed by atoms with E-state index in [2.05, 4.69) is 33.9 Å². The van der Waals surface area contributed by atoms with E-state index in [1.807, 2.05) is 27.8 Å². The van der Waals surface area contributed by atoms with Gasteiger partial charge >= 0.3 is 6.03 Å². The Labute approximate surface area is 116 Å². The van der Waals surface area contributed by atoms with E-state index in [0.29, 0.717) is 0 Å². The number of nitrogens with zero attached hydrogens (tertiary/aromatic N) is 1. The number of piperidine rings is 1. The Balaban J connectivity index is 1.82. The molecule has 0 bridgehead atoms. The highest BCUT2D eigenvalue weighted by Crippen LogP contribution is 2.21. The molecule has 1 aliphatic rings. The smallest absolute Gasteiger partial charge is 0.324 e. The highest BCUT2D eigenvalue weighted by atomic mass is 127. The van der Waals surface area contributed by atoms with Gasteiger partial charge in [-0.3, -0.25) is 3.53 Å². The molecule has 92 valence electrons. The lowest BCUT2D eigenvalue weighted by molar-refractivity contribution is 0.177. The molecule has 4 heteroatoms. The summed E-state index contributed by atoms with van der Waals surface area (Å²) >= 11 is 1.90. The Bertz CT molecular complexity index is 361. The Hall–Kier alpha value is -0.780. The fourth-order valence-corrected chi connectivity index (χ4v) is 2.69. The van der Waals surface area contributed by atoms with Crippen molar-refractivity contribution in [2.75, 3.05) is 13.1 Å². The summed E-state index contributed by atoms with van der Waals surface area (Å²) in [6.45, 7) is 1.76. The molecule has 3 nitrogen and oxygen atoms in total. The van der Waals surface area contributed by atoms with Crippen LogP contribution >= 0.6 is 22.9 Å². The first-order valence-corrected chi connectivity index (χ1v) is 7.07. The zero-order valence-electron chi connectivity index (χ0n) is 9.73. The SMILES string of the molecule is O=C(NI)N1CCC(Cc2ccccc2)CC1. The van der Waals surface area contributed by atoms with Crippen LogP contribution in [0.2, 0.25) is 0 Å². The largest absolute Gasteiger partial charge is 0.326 e. The van der Waals surface area contributed by atoms with Crippen molar-refractivity contribution in [3.05, 3.63) is 35.9 Å². The van der Waals surface area contributed by atoms with E-state index in [4.69, 9.17) is 0 Å². The summed E-state index contributed by atoms with van der Waals surface area (Å²) in [6.07, 6.45) is 3.36. The summed E-state index contributed by atoms with van der Waals surface area (Å²) in [5.41, 5.74) is 1.41. The average Bonchev–Trinajstić information content (AvgIpc) is 2.40. The summed E-state index contributed by atoms with van der Waals surface area (Å²) in [6, 6.07) is 10.6. The van der Waals surface area contributed by atoms with Gasteiger partial charge in [0.2, 0.25) is 0 Å². The van der Waals surface area contributed by atoms with E-state index in [1.54, 1.807) is 0 Å². The molecule has 0 atom stereocenters. The normalized spacial score (nSPS) is 16.9. The number of nitrogens with one attached hydrogen (secondary N) is 1. The number of halogens is 1. The second-order valence-corrected chi connectivity index (χ2v) is 5.06. The minimum atomic E-state index is 0.0451. The Morgan fingerprint density at radius 2 is 1.94 bits per heavy atom. The summed E-state index contributed by atoms with van der Waals surface area (Å²) in [5, 5.41) is 0. The van der Waals surface area contributed by atoms with Crippen molar-refractivity contribution in [2.24, 2.45) is 5.92 Å². The highest BCUT2D eigenvalue weighted by molar-refractivity contribution is 14.1. The van der Waals surface area contributed by atoms with Gasteiger partial charge in [0.1, 0.15) is 0 Å². The predicted octanol–water partition coefficient (Wildman–Crippen LogP) is 3.00. The monoisotopic (exact) mass is 344 g/mol. The number of hydrogen-bond acceptors (Lipinski definition) is 1. The maximum Gasteiger partial charge on any atom is 0.326 e. The molecular weight excluding hydrogens is 327 g/mol. The zero-order chi connectivity index (χ0) is 12.1. The van der Waals surface area contributed by atoms with Gasteiger partial charge in [-0.15, -0.1) is 0 Å². The fraction of sp³-hybridized carbons (Fsp3) is 0.462. The first kappa shape index (κ1) is 12.7. The minimum Gasteiger partial charge on any atom is -0.324 e. The van der Waals surface area contributed by atoms with Crippen LogP contribution in [0.5, 0.6) is 0 Å². The molecule has 17 heavy (non-hydrogen) atoms. The Kier molecular flexibility index (Phi) is 4.65. The van der Waals surface area contributed by atoms with Crippen LogP contribution in [-0.4, -0.2) is 24.0 Å². The molecule has 1 aliphatic heterocycles. The van der Waals surface area contributed by atoms with Crippen LogP contribution in [0.4, 0.5) is 4.79 Å². The number of likely N-dealkylation sites (tertiary alicyclic amines) is 1. The lowest BCUT2D eigenvalue weighted by Crippen LogP contribution is -2.41. The van der Waals surface area contributed by atoms with E-state index >= 15 is 0 Å². The van der Waals surface area contributed by atoms with Crippen LogP contribution in [0.15, 0.2) is 30.3 Å². The van der Waals surface area contributed by atoms with Crippen LogP contribution in [0.25, 0.3) is 0 Å². The molecule has 0 saturated carbocycles. The number of carbonyl (C=O) groups is 1. The number of rotatable bonds is 2. The standard InChI is InChI=1S/C13H17IN2O/c14-15-13(17)16-8-6-12(7-9-16)10-11-4-2-1-3-5-11/h1-5,12H,6-10H2,(H,15,17). The lowest BCUT2D eigenvalue weighted by atomic mass is 9.90. The van der Waals surface area contributed by atoms with E-state index in [0.717, 1.165) is 38.3 Å². The molecule has 0 unspecified atom stereocenters. The summed E-state index contributed by atoms with van der Waals surface area (Å²) in [4.78, 5) is 13.3.